The molecule has 124 valence electrons. The molecule has 0 aliphatic rings. The van der Waals surface area contributed by atoms with E-state index in [0.717, 1.165) is 27.5 Å². The highest BCUT2D eigenvalue weighted by atomic mass is 35.5. The molecule has 2 heterocycles. The molecular formula is C19H14ClN3OS. The summed E-state index contributed by atoms with van der Waals surface area (Å²) >= 11 is 7.46. The van der Waals surface area contributed by atoms with E-state index in [0.29, 0.717) is 11.4 Å². The number of rotatable bonds is 4. The number of anilines is 1. The van der Waals surface area contributed by atoms with Crippen LogP contribution in [-0.4, -0.2) is 15.3 Å². The number of fused-ring (bicyclic) bond motifs is 1. The largest absolute Gasteiger partial charge is 0.326 e. The van der Waals surface area contributed by atoms with E-state index in [1.165, 1.54) is 0 Å². The molecule has 0 saturated heterocycles. The molecule has 0 fully saturated rings. The van der Waals surface area contributed by atoms with E-state index in [1.54, 1.807) is 23.5 Å². The maximum absolute atomic E-state index is 12.1. The molecule has 25 heavy (non-hydrogen) atoms. The molecule has 4 rings (SSSR count). The van der Waals surface area contributed by atoms with Crippen LogP contribution in [0.25, 0.3) is 16.2 Å². The van der Waals surface area contributed by atoms with Gasteiger partial charge in [0.1, 0.15) is 0 Å². The van der Waals surface area contributed by atoms with Crippen LogP contribution in [-0.2, 0) is 11.2 Å². The summed E-state index contributed by atoms with van der Waals surface area (Å²) in [5.74, 6) is -0.0578. The summed E-state index contributed by atoms with van der Waals surface area (Å²) in [6.07, 6.45) is 4.30. The minimum absolute atomic E-state index is 0.0578. The summed E-state index contributed by atoms with van der Waals surface area (Å²) in [6, 6.07) is 15.0. The zero-order valence-electron chi connectivity index (χ0n) is 13.1. The Kier molecular flexibility index (Phi) is 4.26. The van der Waals surface area contributed by atoms with Gasteiger partial charge in [0.2, 0.25) is 5.91 Å². The molecule has 0 radical (unpaired) electrons. The fourth-order valence-corrected chi connectivity index (χ4v) is 3.41. The third kappa shape index (κ3) is 3.57. The maximum atomic E-state index is 12.1. The van der Waals surface area contributed by atoms with E-state index in [-0.39, 0.29) is 5.91 Å². The molecule has 0 unspecified atom stereocenters. The van der Waals surface area contributed by atoms with Gasteiger partial charge in [-0.05, 0) is 29.8 Å². The van der Waals surface area contributed by atoms with Gasteiger partial charge in [-0.1, -0.05) is 35.9 Å². The Morgan fingerprint density at radius 1 is 1.12 bits per heavy atom. The van der Waals surface area contributed by atoms with Crippen LogP contribution in [0, 0.1) is 0 Å². The van der Waals surface area contributed by atoms with Crippen LogP contribution in [0.2, 0.25) is 5.02 Å². The van der Waals surface area contributed by atoms with E-state index in [1.807, 2.05) is 58.6 Å². The molecule has 2 aromatic carbocycles. The molecule has 0 atom stereocenters. The van der Waals surface area contributed by atoms with Gasteiger partial charge in [-0.15, -0.1) is 11.3 Å². The Hall–Kier alpha value is -2.63. The van der Waals surface area contributed by atoms with Crippen molar-refractivity contribution >= 4 is 39.5 Å². The van der Waals surface area contributed by atoms with Crippen molar-refractivity contribution < 1.29 is 4.79 Å². The highest BCUT2D eigenvalue weighted by molar-refractivity contribution is 7.15. The van der Waals surface area contributed by atoms with Crippen LogP contribution in [0.3, 0.4) is 0 Å². The number of amides is 1. The smallest absolute Gasteiger partial charge is 0.228 e. The zero-order chi connectivity index (χ0) is 17.2. The zero-order valence-corrected chi connectivity index (χ0v) is 14.7. The minimum Gasteiger partial charge on any atom is -0.326 e. The van der Waals surface area contributed by atoms with Gasteiger partial charge in [-0.2, -0.15) is 0 Å². The SMILES string of the molecule is O=C(Cc1ccc(Cl)cc1)Nc1ccc(-c2cn3ccsc3n2)cc1. The van der Waals surface area contributed by atoms with Gasteiger partial charge in [0, 0.05) is 34.0 Å². The number of imidazole rings is 1. The molecule has 2 aromatic heterocycles. The van der Waals surface area contributed by atoms with Crippen molar-refractivity contribution in [1.82, 2.24) is 9.38 Å². The highest BCUT2D eigenvalue weighted by Gasteiger charge is 2.07. The van der Waals surface area contributed by atoms with E-state index in [4.69, 9.17) is 11.6 Å². The number of benzene rings is 2. The Bertz CT molecular complexity index is 990. The molecule has 0 aliphatic heterocycles. The van der Waals surface area contributed by atoms with E-state index in [9.17, 15) is 4.79 Å². The molecule has 0 saturated carbocycles. The average Bonchev–Trinajstić information content (AvgIpc) is 3.19. The molecule has 1 amide bonds. The first-order valence-electron chi connectivity index (χ1n) is 7.74. The minimum atomic E-state index is -0.0578. The average molecular weight is 368 g/mol. The van der Waals surface area contributed by atoms with Crippen molar-refractivity contribution in [2.24, 2.45) is 0 Å². The van der Waals surface area contributed by atoms with Gasteiger partial charge in [0.05, 0.1) is 12.1 Å². The molecule has 6 heteroatoms. The number of carbonyl (C=O) groups excluding carboxylic acids is 1. The third-order valence-electron chi connectivity index (χ3n) is 3.84. The summed E-state index contributed by atoms with van der Waals surface area (Å²) < 4.78 is 2.00. The number of nitrogens with one attached hydrogen (secondary N) is 1. The Balaban J connectivity index is 1.43. The topological polar surface area (TPSA) is 46.4 Å². The Morgan fingerprint density at radius 2 is 1.88 bits per heavy atom. The number of hydrogen-bond acceptors (Lipinski definition) is 3. The van der Waals surface area contributed by atoms with Gasteiger partial charge in [-0.25, -0.2) is 4.98 Å². The summed E-state index contributed by atoms with van der Waals surface area (Å²) in [4.78, 5) is 17.7. The normalized spacial score (nSPS) is 10.9. The van der Waals surface area contributed by atoms with Gasteiger partial charge >= 0.3 is 0 Å². The molecular weight excluding hydrogens is 354 g/mol. The number of aromatic nitrogens is 2. The van der Waals surface area contributed by atoms with Crippen LogP contribution in [0.15, 0.2) is 66.3 Å². The Labute approximate surface area is 153 Å². The first-order valence-corrected chi connectivity index (χ1v) is 9.00. The lowest BCUT2D eigenvalue weighted by Crippen LogP contribution is -2.14. The van der Waals surface area contributed by atoms with Gasteiger partial charge in [0.25, 0.3) is 0 Å². The van der Waals surface area contributed by atoms with Gasteiger partial charge in [-0.3, -0.25) is 9.20 Å². The summed E-state index contributed by atoms with van der Waals surface area (Å²) in [5, 5.41) is 5.58. The van der Waals surface area contributed by atoms with E-state index in [2.05, 4.69) is 10.3 Å². The van der Waals surface area contributed by atoms with Crippen molar-refractivity contribution in [2.75, 3.05) is 5.32 Å². The van der Waals surface area contributed by atoms with Gasteiger partial charge in [0.15, 0.2) is 4.96 Å². The van der Waals surface area contributed by atoms with Crippen molar-refractivity contribution in [3.8, 4) is 11.3 Å². The second kappa shape index (κ2) is 6.70. The van der Waals surface area contributed by atoms with Crippen molar-refractivity contribution in [1.29, 1.82) is 0 Å². The summed E-state index contributed by atoms with van der Waals surface area (Å²) in [6.45, 7) is 0. The second-order valence-electron chi connectivity index (χ2n) is 5.65. The van der Waals surface area contributed by atoms with E-state index < -0.39 is 0 Å². The first kappa shape index (κ1) is 15.9. The standard InChI is InChI=1S/C19H14ClN3OS/c20-15-5-1-13(2-6-15)11-18(24)21-16-7-3-14(4-8-16)17-12-23-9-10-25-19(23)22-17/h1-10,12H,11H2,(H,21,24). The second-order valence-corrected chi connectivity index (χ2v) is 6.96. The first-order chi connectivity index (χ1) is 12.2. The van der Waals surface area contributed by atoms with Crippen molar-refractivity contribution in [2.45, 2.75) is 6.42 Å². The Morgan fingerprint density at radius 3 is 2.60 bits per heavy atom. The quantitative estimate of drug-likeness (QED) is 0.557. The molecule has 0 spiro atoms. The lowest BCUT2D eigenvalue weighted by molar-refractivity contribution is -0.115. The van der Waals surface area contributed by atoms with Crippen molar-refractivity contribution in [3.05, 3.63) is 76.9 Å². The van der Waals surface area contributed by atoms with E-state index >= 15 is 0 Å². The lowest BCUT2D eigenvalue weighted by atomic mass is 10.1. The molecule has 0 aliphatic carbocycles. The number of hydrogen-bond donors (Lipinski definition) is 1. The summed E-state index contributed by atoms with van der Waals surface area (Å²) in [7, 11) is 0. The fourth-order valence-electron chi connectivity index (χ4n) is 2.58. The maximum Gasteiger partial charge on any atom is 0.228 e. The van der Waals surface area contributed by atoms with Crippen LogP contribution < -0.4 is 5.32 Å². The van der Waals surface area contributed by atoms with Crippen molar-refractivity contribution in [3.63, 3.8) is 0 Å². The number of carbonyl (C=O) groups is 1. The predicted octanol–water partition coefficient (Wildman–Crippen LogP) is 4.90. The fraction of sp³-hybridized carbons (Fsp3) is 0.0526. The monoisotopic (exact) mass is 367 g/mol. The predicted molar refractivity (Wildman–Crippen MR) is 102 cm³/mol. The number of halogens is 1. The summed E-state index contributed by atoms with van der Waals surface area (Å²) in [5.41, 5.74) is 3.64. The number of nitrogens with zero attached hydrogens (tertiary/aromatic N) is 2. The lowest BCUT2D eigenvalue weighted by Gasteiger charge is -2.06. The molecule has 1 N–H and O–H groups in total. The highest BCUT2D eigenvalue weighted by Crippen LogP contribution is 2.23. The molecule has 4 nitrogen and oxygen atoms in total. The molecule has 4 aromatic rings. The van der Waals surface area contributed by atoms with Crippen LogP contribution in [0.5, 0.6) is 0 Å². The van der Waals surface area contributed by atoms with Crippen LogP contribution in [0.4, 0.5) is 5.69 Å². The van der Waals surface area contributed by atoms with Gasteiger partial charge < -0.3 is 5.32 Å². The van der Waals surface area contributed by atoms with Crippen LogP contribution >= 0.6 is 22.9 Å². The molecule has 0 bridgehead atoms. The third-order valence-corrected chi connectivity index (χ3v) is 4.86. The van der Waals surface area contributed by atoms with Crippen LogP contribution in [0.1, 0.15) is 5.56 Å². The number of thiazole rings is 1.